The van der Waals surface area contributed by atoms with Crippen LogP contribution in [0.5, 0.6) is 0 Å². The number of carbonyl (C=O) groups excluding carboxylic acids is 2. The summed E-state index contributed by atoms with van der Waals surface area (Å²) < 4.78 is 5.56. The maximum Gasteiger partial charge on any atom is 0.302 e. The molecule has 1 aromatic carbocycles. The number of hydrogen-bond acceptors (Lipinski definition) is 8. The van der Waals surface area contributed by atoms with Crippen molar-refractivity contribution in [2.24, 2.45) is 0 Å². The van der Waals surface area contributed by atoms with Gasteiger partial charge >= 0.3 is 6.01 Å². The molecule has 33 heavy (non-hydrogen) atoms. The van der Waals surface area contributed by atoms with Gasteiger partial charge < -0.3 is 20.4 Å². The fourth-order valence-electron chi connectivity index (χ4n) is 3.87. The van der Waals surface area contributed by atoms with Gasteiger partial charge in [0.15, 0.2) is 5.58 Å². The molecule has 3 aromatic rings. The number of benzene rings is 1. The first-order valence-corrected chi connectivity index (χ1v) is 10.6. The van der Waals surface area contributed by atoms with Crippen LogP contribution in [0.3, 0.4) is 0 Å². The molecule has 1 saturated heterocycles. The lowest BCUT2D eigenvalue weighted by Gasteiger charge is -2.33. The third kappa shape index (κ3) is 4.69. The van der Waals surface area contributed by atoms with E-state index in [4.69, 9.17) is 15.6 Å². The number of carbonyl (C=O) groups is 2. The number of oxazole rings is 1. The molecule has 10 heteroatoms. The second kappa shape index (κ2) is 9.11. The molecule has 0 spiro atoms. The van der Waals surface area contributed by atoms with Crippen molar-refractivity contribution in [3.63, 3.8) is 0 Å². The first-order chi connectivity index (χ1) is 15.9. The van der Waals surface area contributed by atoms with E-state index in [0.29, 0.717) is 29.9 Å². The minimum Gasteiger partial charge on any atom is -0.423 e. The number of fused-ring (bicyclic) bond motifs is 1. The zero-order valence-corrected chi connectivity index (χ0v) is 18.2. The van der Waals surface area contributed by atoms with E-state index in [2.05, 4.69) is 27.2 Å². The van der Waals surface area contributed by atoms with E-state index in [1.165, 1.54) is 12.3 Å². The summed E-state index contributed by atoms with van der Waals surface area (Å²) in [7, 11) is 0. The van der Waals surface area contributed by atoms with Gasteiger partial charge in [0.2, 0.25) is 5.91 Å². The van der Waals surface area contributed by atoms with Crippen molar-refractivity contribution in [1.29, 1.82) is 5.41 Å². The molecule has 2 amide bonds. The number of hydrogen-bond donors (Lipinski definition) is 4. The molecule has 3 heterocycles. The second-order valence-electron chi connectivity index (χ2n) is 7.91. The quantitative estimate of drug-likeness (QED) is 0.335. The van der Waals surface area contributed by atoms with Crippen molar-refractivity contribution in [2.45, 2.75) is 25.8 Å². The largest absolute Gasteiger partial charge is 0.423 e. The third-order valence-electron chi connectivity index (χ3n) is 5.49. The van der Waals surface area contributed by atoms with Crippen molar-refractivity contribution in [1.82, 2.24) is 14.9 Å². The van der Waals surface area contributed by atoms with E-state index >= 15 is 0 Å². The highest BCUT2D eigenvalue weighted by Gasteiger charge is 2.26. The molecule has 0 aliphatic carbocycles. The van der Waals surface area contributed by atoms with Crippen LogP contribution in [-0.2, 0) is 9.59 Å². The van der Waals surface area contributed by atoms with Gasteiger partial charge in [-0.1, -0.05) is 12.6 Å². The summed E-state index contributed by atoms with van der Waals surface area (Å²) in [5.74, 6) is -0.812. The Labute approximate surface area is 190 Å². The van der Waals surface area contributed by atoms with Gasteiger partial charge in [-0.15, -0.1) is 0 Å². The van der Waals surface area contributed by atoms with Crippen molar-refractivity contribution < 1.29 is 14.0 Å². The Kier molecular flexibility index (Phi) is 6.07. The van der Waals surface area contributed by atoms with Crippen LogP contribution in [0.2, 0.25) is 0 Å². The van der Waals surface area contributed by atoms with Gasteiger partial charge in [0, 0.05) is 31.0 Å². The molecule has 1 fully saturated rings. The van der Waals surface area contributed by atoms with Gasteiger partial charge in [0.25, 0.3) is 5.91 Å². The van der Waals surface area contributed by atoms with Gasteiger partial charge in [-0.3, -0.25) is 20.3 Å². The number of nitrogens with one attached hydrogen (secondary N) is 3. The van der Waals surface area contributed by atoms with Gasteiger partial charge in [-0.05, 0) is 49.6 Å². The molecule has 0 bridgehead atoms. The predicted molar refractivity (Wildman–Crippen MR) is 126 cm³/mol. The molecule has 10 nitrogen and oxygen atoms in total. The van der Waals surface area contributed by atoms with Crippen LogP contribution in [0.4, 0.5) is 17.5 Å². The Hall–Kier alpha value is -4.21. The van der Waals surface area contributed by atoms with E-state index in [0.717, 1.165) is 18.4 Å². The third-order valence-corrected chi connectivity index (χ3v) is 5.49. The number of nitrogen functional groups attached to an aromatic ring is 1. The van der Waals surface area contributed by atoms with Gasteiger partial charge in [-0.2, -0.15) is 4.98 Å². The van der Waals surface area contributed by atoms with Crippen LogP contribution in [0.1, 0.15) is 24.0 Å². The molecule has 2 aromatic heterocycles. The molecule has 0 unspecified atom stereocenters. The van der Waals surface area contributed by atoms with Crippen LogP contribution in [0, 0.1) is 12.3 Å². The Morgan fingerprint density at radius 3 is 2.97 bits per heavy atom. The van der Waals surface area contributed by atoms with E-state index in [1.807, 2.05) is 19.1 Å². The van der Waals surface area contributed by atoms with Crippen LogP contribution >= 0.6 is 0 Å². The molecule has 0 radical (unpaired) electrons. The van der Waals surface area contributed by atoms with Crippen molar-refractivity contribution >= 4 is 46.1 Å². The van der Waals surface area contributed by atoms with Crippen molar-refractivity contribution in [3.05, 3.63) is 54.2 Å². The number of nitrogens with two attached hydrogens (primary N) is 1. The molecule has 0 saturated carbocycles. The van der Waals surface area contributed by atoms with Crippen LogP contribution < -0.4 is 16.4 Å². The summed E-state index contributed by atoms with van der Waals surface area (Å²) in [6.07, 6.45) is 4.45. The molecule has 1 atom stereocenters. The fraction of sp³-hybridized carbons (Fsp3) is 0.261. The van der Waals surface area contributed by atoms with Gasteiger partial charge in [0.05, 0.1) is 5.56 Å². The summed E-state index contributed by atoms with van der Waals surface area (Å²) in [6, 6.07) is 7.07. The first kappa shape index (κ1) is 22.0. The van der Waals surface area contributed by atoms with E-state index in [9.17, 15) is 9.59 Å². The lowest BCUT2D eigenvalue weighted by molar-refractivity contribution is -0.127. The van der Waals surface area contributed by atoms with Crippen molar-refractivity contribution in [2.75, 3.05) is 29.5 Å². The smallest absolute Gasteiger partial charge is 0.302 e. The van der Waals surface area contributed by atoms with Gasteiger partial charge in [-0.25, -0.2) is 4.98 Å². The Balaban J connectivity index is 1.52. The zero-order chi connectivity index (χ0) is 23.5. The number of nitrogens with zero attached hydrogens (tertiary/aromatic N) is 3. The number of anilines is 3. The molecule has 1 aliphatic heterocycles. The standard InChI is InChI=1S/C23H25N7O3/c1-3-18(31)30-10-4-5-14(12-30)27-15-8-9-26-21(25)19(15)20(24)22(32)29-23-28-16-11-13(2)6-7-17(16)33-23/h3,6-9,11,14,24H,1,4-5,10,12H2,2H3,(H3,25,26,27)(H,28,29,32)/t14-/m1/s1. The highest BCUT2D eigenvalue weighted by molar-refractivity contribution is 6.49. The number of likely N-dealkylation sites (tertiary alicyclic amines) is 1. The van der Waals surface area contributed by atoms with E-state index < -0.39 is 5.91 Å². The molecule has 1 aliphatic rings. The molecule has 5 N–H and O–H groups in total. The highest BCUT2D eigenvalue weighted by atomic mass is 16.4. The number of rotatable bonds is 6. The van der Waals surface area contributed by atoms with Gasteiger partial charge in [0.1, 0.15) is 17.0 Å². The molecule has 4 rings (SSSR count). The number of piperidine rings is 1. The summed E-state index contributed by atoms with van der Waals surface area (Å²) in [4.78, 5) is 34.8. The van der Waals surface area contributed by atoms with E-state index in [1.54, 1.807) is 17.0 Å². The average molecular weight is 447 g/mol. The van der Waals surface area contributed by atoms with E-state index in [-0.39, 0.29) is 35.1 Å². The topological polar surface area (TPSA) is 150 Å². The number of amides is 2. The lowest BCUT2D eigenvalue weighted by Crippen LogP contribution is -2.44. The summed E-state index contributed by atoms with van der Waals surface area (Å²) >= 11 is 0. The Morgan fingerprint density at radius 1 is 1.36 bits per heavy atom. The summed E-state index contributed by atoms with van der Waals surface area (Å²) in [5, 5.41) is 14.3. The highest BCUT2D eigenvalue weighted by Crippen LogP contribution is 2.25. The maximum atomic E-state index is 12.8. The normalized spacial score (nSPS) is 15.8. The SMILES string of the molecule is C=CC(=O)N1CCC[C@@H](Nc2ccnc(N)c2C(=N)C(=O)Nc2nc3cc(C)ccc3o2)C1. The molecule has 170 valence electrons. The van der Waals surface area contributed by atoms with Crippen LogP contribution in [-0.4, -0.2) is 51.5 Å². The zero-order valence-electron chi connectivity index (χ0n) is 18.2. The summed E-state index contributed by atoms with van der Waals surface area (Å²) in [6.45, 7) is 6.62. The number of aromatic nitrogens is 2. The molecular formula is C23H25N7O3. The monoisotopic (exact) mass is 447 g/mol. The average Bonchev–Trinajstić information content (AvgIpc) is 3.19. The second-order valence-corrected chi connectivity index (χ2v) is 7.91. The lowest BCUT2D eigenvalue weighted by atomic mass is 10.0. The van der Waals surface area contributed by atoms with Crippen molar-refractivity contribution in [3.8, 4) is 0 Å². The number of aryl methyl sites for hydroxylation is 1. The Bertz CT molecular complexity index is 1250. The summed E-state index contributed by atoms with van der Waals surface area (Å²) in [5.41, 5.74) is 8.48. The van der Waals surface area contributed by atoms with Crippen LogP contribution in [0.15, 0.2) is 47.5 Å². The Morgan fingerprint density at radius 2 is 2.18 bits per heavy atom. The molecular weight excluding hydrogens is 422 g/mol. The fourth-order valence-corrected chi connectivity index (χ4v) is 3.87. The predicted octanol–water partition coefficient (Wildman–Crippen LogP) is 2.71. The maximum absolute atomic E-state index is 12.8. The minimum absolute atomic E-state index is 0.00631. The van der Waals surface area contributed by atoms with Crippen LogP contribution in [0.25, 0.3) is 11.1 Å². The minimum atomic E-state index is -0.729. The first-order valence-electron chi connectivity index (χ1n) is 10.6. The number of pyridine rings is 1.